The molecule has 0 aromatic heterocycles. The fraction of sp³-hybridized carbons (Fsp3) is 0.417. The molecule has 0 heterocycles. The zero-order valence-electron chi connectivity index (χ0n) is 10.3. The molecule has 0 unspecified atom stereocenters. The van der Waals surface area contributed by atoms with Crippen molar-refractivity contribution in [3.05, 3.63) is 30.3 Å². The van der Waals surface area contributed by atoms with E-state index in [0.29, 0.717) is 13.0 Å². The largest absolute Gasteiger partial charge is 0.389 e. The first-order chi connectivity index (χ1) is 8.47. The normalized spacial score (nSPS) is 11.8. The van der Waals surface area contributed by atoms with E-state index in [1.807, 2.05) is 30.3 Å². The standard InChI is InChI=1S/C12H16F3N3.HI/c13-12(14,15)8-4-5-9-17-11(16)18-10-6-2-1-3-7-10;/h1-3,6-7H,4-5,8-9H2,(H3,16,17,18);1H. The van der Waals surface area contributed by atoms with Gasteiger partial charge < -0.3 is 11.1 Å². The highest BCUT2D eigenvalue weighted by atomic mass is 127. The minimum Gasteiger partial charge on any atom is -0.370 e. The van der Waals surface area contributed by atoms with Crippen molar-refractivity contribution in [2.75, 3.05) is 11.9 Å². The van der Waals surface area contributed by atoms with E-state index in [9.17, 15) is 13.2 Å². The van der Waals surface area contributed by atoms with Crippen LogP contribution in [0, 0.1) is 0 Å². The predicted octanol–water partition coefficient (Wildman–Crippen LogP) is 3.76. The van der Waals surface area contributed by atoms with E-state index in [4.69, 9.17) is 5.73 Å². The first-order valence-electron chi connectivity index (χ1n) is 5.66. The van der Waals surface area contributed by atoms with Gasteiger partial charge in [-0.2, -0.15) is 13.2 Å². The summed E-state index contributed by atoms with van der Waals surface area (Å²) >= 11 is 0. The fourth-order valence-electron chi connectivity index (χ4n) is 1.35. The number of nitrogens with one attached hydrogen (secondary N) is 1. The average Bonchev–Trinajstić information content (AvgIpc) is 2.28. The topological polar surface area (TPSA) is 50.4 Å². The maximum atomic E-state index is 11.9. The molecule has 1 rings (SSSR count). The lowest BCUT2D eigenvalue weighted by Crippen LogP contribution is -2.22. The van der Waals surface area contributed by atoms with Crippen LogP contribution in [0.3, 0.4) is 0 Å². The third kappa shape index (κ3) is 9.57. The predicted molar refractivity (Wildman–Crippen MR) is 81.9 cm³/mol. The molecule has 0 radical (unpaired) electrons. The summed E-state index contributed by atoms with van der Waals surface area (Å²) in [6.07, 6.45) is -4.41. The van der Waals surface area contributed by atoms with Crippen LogP contribution in [0.15, 0.2) is 35.3 Å². The molecule has 7 heteroatoms. The summed E-state index contributed by atoms with van der Waals surface area (Å²) in [6, 6.07) is 9.21. The van der Waals surface area contributed by atoms with E-state index in [2.05, 4.69) is 10.3 Å². The van der Waals surface area contributed by atoms with Gasteiger partial charge in [0, 0.05) is 18.7 Å². The summed E-state index contributed by atoms with van der Waals surface area (Å²) in [5.41, 5.74) is 6.39. The number of nitrogens with zero attached hydrogens (tertiary/aromatic N) is 1. The van der Waals surface area contributed by atoms with Gasteiger partial charge in [-0.1, -0.05) is 18.2 Å². The molecule has 108 valence electrons. The van der Waals surface area contributed by atoms with Gasteiger partial charge >= 0.3 is 6.18 Å². The quantitative estimate of drug-likeness (QED) is 0.350. The van der Waals surface area contributed by atoms with Crippen LogP contribution in [0.2, 0.25) is 0 Å². The van der Waals surface area contributed by atoms with Gasteiger partial charge in [-0.3, -0.25) is 4.99 Å². The number of aliphatic imine (C=N–C) groups is 1. The van der Waals surface area contributed by atoms with E-state index in [1.54, 1.807) is 0 Å². The number of benzene rings is 1. The first-order valence-corrected chi connectivity index (χ1v) is 5.66. The number of halogens is 4. The lowest BCUT2D eigenvalue weighted by molar-refractivity contribution is -0.135. The molecule has 0 bridgehead atoms. The Hall–Kier alpha value is -0.990. The maximum absolute atomic E-state index is 11.9. The number of hydrogen-bond acceptors (Lipinski definition) is 1. The lowest BCUT2D eigenvalue weighted by atomic mass is 10.2. The first kappa shape index (κ1) is 18.0. The van der Waals surface area contributed by atoms with Crippen molar-refractivity contribution in [2.24, 2.45) is 10.7 Å². The summed E-state index contributed by atoms with van der Waals surface area (Å²) in [4.78, 5) is 3.95. The SMILES string of the molecule is I.NC(=NCCCCC(F)(F)F)Nc1ccccc1. The summed E-state index contributed by atoms with van der Waals surface area (Å²) in [5, 5.41) is 2.85. The highest BCUT2D eigenvalue weighted by molar-refractivity contribution is 14.0. The van der Waals surface area contributed by atoms with E-state index in [0.717, 1.165) is 5.69 Å². The molecule has 0 amide bonds. The van der Waals surface area contributed by atoms with Gasteiger partial charge in [0.2, 0.25) is 0 Å². The molecule has 0 saturated carbocycles. The van der Waals surface area contributed by atoms with Gasteiger partial charge in [0.05, 0.1) is 0 Å². The second-order valence-corrected chi connectivity index (χ2v) is 3.83. The minimum absolute atomic E-state index is 0. The molecular formula is C12H17F3IN3. The highest BCUT2D eigenvalue weighted by Gasteiger charge is 2.25. The Morgan fingerprint density at radius 2 is 1.79 bits per heavy atom. The zero-order valence-corrected chi connectivity index (χ0v) is 12.6. The number of alkyl halides is 3. The van der Waals surface area contributed by atoms with Gasteiger partial charge in [-0.25, -0.2) is 0 Å². The van der Waals surface area contributed by atoms with Crippen LogP contribution in [0.5, 0.6) is 0 Å². The van der Waals surface area contributed by atoms with Crippen LogP contribution >= 0.6 is 24.0 Å². The smallest absolute Gasteiger partial charge is 0.370 e. The molecule has 0 fully saturated rings. The third-order valence-electron chi connectivity index (χ3n) is 2.20. The molecule has 0 aliphatic rings. The molecule has 0 aliphatic heterocycles. The van der Waals surface area contributed by atoms with Crippen LogP contribution in [0.4, 0.5) is 18.9 Å². The number of hydrogen-bond donors (Lipinski definition) is 2. The van der Waals surface area contributed by atoms with Gasteiger partial charge in [-0.05, 0) is 25.0 Å². The Bertz CT molecular complexity index is 380. The Morgan fingerprint density at radius 1 is 1.16 bits per heavy atom. The Morgan fingerprint density at radius 3 is 2.37 bits per heavy atom. The monoisotopic (exact) mass is 387 g/mol. The molecule has 0 aliphatic carbocycles. The molecular weight excluding hydrogens is 370 g/mol. The second-order valence-electron chi connectivity index (χ2n) is 3.83. The van der Waals surface area contributed by atoms with Crippen LogP contribution < -0.4 is 11.1 Å². The van der Waals surface area contributed by atoms with Crippen molar-refractivity contribution >= 4 is 35.6 Å². The highest BCUT2D eigenvalue weighted by Crippen LogP contribution is 2.21. The third-order valence-corrected chi connectivity index (χ3v) is 2.20. The molecule has 3 nitrogen and oxygen atoms in total. The van der Waals surface area contributed by atoms with Crippen molar-refractivity contribution in [3.8, 4) is 0 Å². The maximum Gasteiger partial charge on any atom is 0.389 e. The van der Waals surface area contributed by atoms with Crippen LogP contribution in [0.25, 0.3) is 0 Å². The average molecular weight is 387 g/mol. The number of guanidine groups is 1. The molecule has 19 heavy (non-hydrogen) atoms. The van der Waals surface area contributed by atoms with Crippen molar-refractivity contribution in [1.29, 1.82) is 0 Å². The van der Waals surface area contributed by atoms with Crippen molar-refractivity contribution in [3.63, 3.8) is 0 Å². The summed E-state index contributed by atoms with van der Waals surface area (Å²) in [7, 11) is 0. The van der Waals surface area contributed by atoms with E-state index < -0.39 is 12.6 Å². The number of para-hydroxylation sites is 1. The number of nitrogens with two attached hydrogens (primary N) is 1. The van der Waals surface area contributed by atoms with Crippen molar-refractivity contribution < 1.29 is 13.2 Å². The molecule has 3 N–H and O–H groups in total. The molecule has 0 saturated heterocycles. The van der Waals surface area contributed by atoms with Gasteiger partial charge in [0.1, 0.15) is 0 Å². The second kappa shape index (κ2) is 9.00. The summed E-state index contributed by atoms with van der Waals surface area (Å²) in [6.45, 7) is 0.293. The fourth-order valence-corrected chi connectivity index (χ4v) is 1.35. The molecule has 1 aromatic carbocycles. The van der Waals surface area contributed by atoms with Crippen LogP contribution in [0.1, 0.15) is 19.3 Å². The Balaban J connectivity index is 0.00000324. The van der Waals surface area contributed by atoms with E-state index in [-0.39, 0.29) is 36.4 Å². The summed E-state index contributed by atoms with van der Waals surface area (Å²) < 4.78 is 35.6. The summed E-state index contributed by atoms with van der Waals surface area (Å²) in [5.74, 6) is 0.216. The Labute approximate surface area is 127 Å². The Kier molecular flexibility index (Phi) is 8.53. The van der Waals surface area contributed by atoms with Crippen molar-refractivity contribution in [1.82, 2.24) is 0 Å². The van der Waals surface area contributed by atoms with Crippen LogP contribution in [-0.2, 0) is 0 Å². The molecule has 1 aromatic rings. The van der Waals surface area contributed by atoms with Crippen molar-refractivity contribution in [2.45, 2.75) is 25.4 Å². The molecule has 0 spiro atoms. The van der Waals surface area contributed by atoms with Gasteiger partial charge in [-0.15, -0.1) is 24.0 Å². The minimum atomic E-state index is -4.09. The zero-order chi connectivity index (χ0) is 13.4. The van der Waals surface area contributed by atoms with Crippen LogP contribution in [-0.4, -0.2) is 18.7 Å². The van der Waals surface area contributed by atoms with E-state index in [1.165, 1.54) is 0 Å². The lowest BCUT2D eigenvalue weighted by Gasteiger charge is -2.06. The number of rotatable bonds is 5. The number of anilines is 1. The number of unbranched alkanes of at least 4 members (excludes halogenated alkanes) is 1. The molecule has 0 atom stereocenters. The van der Waals surface area contributed by atoms with E-state index >= 15 is 0 Å². The van der Waals surface area contributed by atoms with Gasteiger partial charge in [0.15, 0.2) is 5.96 Å². The van der Waals surface area contributed by atoms with Gasteiger partial charge in [0.25, 0.3) is 0 Å².